The summed E-state index contributed by atoms with van der Waals surface area (Å²) in [5.74, 6) is 0.0963. The van der Waals surface area contributed by atoms with Gasteiger partial charge < -0.3 is 11.1 Å². The van der Waals surface area contributed by atoms with Crippen LogP contribution in [-0.4, -0.2) is 29.4 Å². The van der Waals surface area contributed by atoms with E-state index in [1.165, 1.54) is 5.56 Å². The van der Waals surface area contributed by atoms with Gasteiger partial charge in [0.25, 0.3) is 0 Å². The molecule has 1 aromatic rings. The SMILES string of the molecule is CC1(C)C(=O)NCCN1Cc1ccccc1CN. The molecule has 0 aliphatic carbocycles. The molecule has 3 N–H and O–H groups in total. The molecule has 0 radical (unpaired) electrons. The zero-order valence-corrected chi connectivity index (χ0v) is 11.1. The Kier molecular flexibility index (Phi) is 3.68. The highest BCUT2D eigenvalue weighted by molar-refractivity contribution is 5.86. The molecular weight excluding hydrogens is 226 g/mol. The Morgan fingerprint density at radius 1 is 1.33 bits per heavy atom. The van der Waals surface area contributed by atoms with E-state index >= 15 is 0 Å². The zero-order chi connectivity index (χ0) is 13.2. The Balaban J connectivity index is 2.20. The first-order chi connectivity index (χ1) is 8.55. The summed E-state index contributed by atoms with van der Waals surface area (Å²) < 4.78 is 0. The minimum atomic E-state index is -0.458. The molecule has 1 amide bonds. The maximum Gasteiger partial charge on any atom is 0.240 e. The summed E-state index contributed by atoms with van der Waals surface area (Å²) in [5.41, 5.74) is 7.66. The van der Waals surface area contributed by atoms with Crippen molar-refractivity contribution in [3.05, 3.63) is 35.4 Å². The quantitative estimate of drug-likeness (QED) is 0.832. The number of amides is 1. The third-order valence-corrected chi connectivity index (χ3v) is 3.71. The first-order valence-corrected chi connectivity index (χ1v) is 6.36. The van der Waals surface area contributed by atoms with Crippen molar-refractivity contribution < 1.29 is 4.79 Å². The van der Waals surface area contributed by atoms with Gasteiger partial charge in [0.15, 0.2) is 0 Å². The summed E-state index contributed by atoms with van der Waals surface area (Å²) in [6, 6.07) is 8.16. The monoisotopic (exact) mass is 247 g/mol. The molecule has 1 saturated heterocycles. The molecule has 0 aromatic heterocycles. The molecule has 0 saturated carbocycles. The first kappa shape index (κ1) is 13.1. The van der Waals surface area contributed by atoms with E-state index in [1.807, 2.05) is 32.0 Å². The fourth-order valence-corrected chi connectivity index (χ4v) is 2.34. The van der Waals surface area contributed by atoms with Gasteiger partial charge in [-0.2, -0.15) is 0 Å². The van der Waals surface area contributed by atoms with Gasteiger partial charge in [0.1, 0.15) is 0 Å². The molecule has 2 rings (SSSR count). The lowest BCUT2D eigenvalue weighted by atomic mass is 9.97. The van der Waals surface area contributed by atoms with Crippen LogP contribution in [-0.2, 0) is 17.9 Å². The van der Waals surface area contributed by atoms with Crippen LogP contribution >= 0.6 is 0 Å². The Bertz CT molecular complexity index is 442. The Labute approximate surface area is 108 Å². The van der Waals surface area contributed by atoms with Gasteiger partial charge >= 0.3 is 0 Å². The molecule has 1 aliphatic rings. The van der Waals surface area contributed by atoms with Crippen molar-refractivity contribution in [3.8, 4) is 0 Å². The summed E-state index contributed by atoms with van der Waals surface area (Å²) in [5, 5.41) is 2.91. The molecule has 0 atom stereocenters. The van der Waals surface area contributed by atoms with Crippen molar-refractivity contribution in [1.29, 1.82) is 0 Å². The smallest absolute Gasteiger partial charge is 0.240 e. The third-order valence-electron chi connectivity index (χ3n) is 3.71. The summed E-state index contributed by atoms with van der Waals surface area (Å²) in [6.07, 6.45) is 0. The van der Waals surface area contributed by atoms with Crippen LogP contribution in [0.15, 0.2) is 24.3 Å². The maximum atomic E-state index is 11.9. The van der Waals surface area contributed by atoms with Crippen LogP contribution < -0.4 is 11.1 Å². The Morgan fingerprint density at radius 2 is 2.00 bits per heavy atom. The lowest BCUT2D eigenvalue weighted by Crippen LogP contribution is -2.61. The molecular formula is C14H21N3O. The number of nitrogens with one attached hydrogen (secondary N) is 1. The molecule has 1 fully saturated rings. The van der Waals surface area contributed by atoms with Gasteiger partial charge in [0, 0.05) is 26.2 Å². The van der Waals surface area contributed by atoms with Gasteiger partial charge in [-0.05, 0) is 25.0 Å². The van der Waals surface area contributed by atoms with Crippen LogP contribution in [0.25, 0.3) is 0 Å². The molecule has 4 heteroatoms. The van der Waals surface area contributed by atoms with Crippen molar-refractivity contribution in [2.24, 2.45) is 5.73 Å². The molecule has 0 unspecified atom stereocenters. The minimum absolute atomic E-state index is 0.0963. The van der Waals surface area contributed by atoms with E-state index in [9.17, 15) is 4.79 Å². The van der Waals surface area contributed by atoms with Crippen LogP contribution in [0.1, 0.15) is 25.0 Å². The maximum absolute atomic E-state index is 11.9. The van der Waals surface area contributed by atoms with E-state index in [0.29, 0.717) is 13.1 Å². The summed E-state index contributed by atoms with van der Waals surface area (Å²) >= 11 is 0. The van der Waals surface area contributed by atoms with Crippen LogP contribution in [0.2, 0.25) is 0 Å². The van der Waals surface area contributed by atoms with Crippen LogP contribution in [0.5, 0.6) is 0 Å². The standard InChI is InChI=1S/C14H21N3O/c1-14(2)13(18)16-7-8-17(14)10-12-6-4-3-5-11(12)9-15/h3-6H,7-10,15H2,1-2H3,(H,16,18). The van der Waals surface area contributed by atoms with Crippen molar-refractivity contribution in [3.63, 3.8) is 0 Å². The van der Waals surface area contributed by atoms with Gasteiger partial charge in [-0.1, -0.05) is 24.3 Å². The third kappa shape index (κ3) is 2.40. The fourth-order valence-electron chi connectivity index (χ4n) is 2.34. The first-order valence-electron chi connectivity index (χ1n) is 6.36. The van der Waals surface area contributed by atoms with E-state index in [-0.39, 0.29) is 5.91 Å². The van der Waals surface area contributed by atoms with Gasteiger partial charge in [0.05, 0.1) is 5.54 Å². The van der Waals surface area contributed by atoms with Crippen molar-refractivity contribution in [2.75, 3.05) is 13.1 Å². The Hall–Kier alpha value is -1.39. The molecule has 0 bridgehead atoms. The molecule has 0 spiro atoms. The summed E-state index contributed by atoms with van der Waals surface area (Å²) in [4.78, 5) is 14.1. The normalized spacial score (nSPS) is 19.6. The number of nitrogens with two attached hydrogens (primary N) is 1. The molecule has 98 valence electrons. The number of carbonyl (C=O) groups is 1. The highest BCUT2D eigenvalue weighted by Gasteiger charge is 2.37. The van der Waals surface area contributed by atoms with Gasteiger partial charge in [0.2, 0.25) is 5.91 Å². The molecule has 1 aromatic carbocycles. The minimum Gasteiger partial charge on any atom is -0.353 e. The second kappa shape index (κ2) is 5.08. The van der Waals surface area contributed by atoms with E-state index in [0.717, 1.165) is 18.7 Å². The van der Waals surface area contributed by atoms with E-state index < -0.39 is 5.54 Å². The molecule has 1 heterocycles. The van der Waals surface area contributed by atoms with Crippen molar-refractivity contribution in [2.45, 2.75) is 32.5 Å². The van der Waals surface area contributed by atoms with E-state index in [4.69, 9.17) is 5.73 Å². The van der Waals surface area contributed by atoms with Crippen molar-refractivity contribution >= 4 is 5.91 Å². The topological polar surface area (TPSA) is 58.4 Å². The highest BCUT2D eigenvalue weighted by atomic mass is 16.2. The average molecular weight is 247 g/mol. The number of carbonyl (C=O) groups excluding carboxylic acids is 1. The Morgan fingerprint density at radius 3 is 2.67 bits per heavy atom. The van der Waals surface area contributed by atoms with Gasteiger partial charge in [-0.25, -0.2) is 0 Å². The zero-order valence-electron chi connectivity index (χ0n) is 11.1. The van der Waals surface area contributed by atoms with Crippen LogP contribution in [0.4, 0.5) is 0 Å². The number of benzene rings is 1. The number of hydrogen-bond donors (Lipinski definition) is 2. The second-order valence-corrected chi connectivity index (χ2v) is 5.21. The van der Waals surface area contributed by atoms with E-state index in [1.54, 1.807) is 0 Å². The lowest BCUT2D eigenvalue weighted by molar-refractivity contribution is -0.135. The predicted molar refractivity (Wildman–Crippen MR) is 71.8 cm³/mol. The van der Waals surface area contributed by atoms with Crippen LogP contribution in [0.3, 0.4) is 0 Å². The predicted octanol–water partition coefficient (Wildman–Crippen LogP) is 0.856. The summed E-state index contributed by atoms with van der Waals surface area (Å²) in [7, 11) is 0. The van der Waals surface area contributed by atoms with Gasteiger partial charge in [-0.3, -0.25) is 9.69 Å². The summed E-state index contributed by atoms with van der Waals surface area (Å²) in [6.45, 7) is 6.83. The average Bonchev–Trinajstić information content (AvgIpc) is 2.36. The lowest BCUT2D eigenvalue weighted by Gasteiger charge is -2.41. The number of piperazine rings is 1. The second-order valence-electron chi connectivity index (χ2n) is 5.21. The molecule has 18 heavy (non-hydrogen) atoms. The van der Waals surface area contributed by atoms with Gasteiger partial charge in [-0.15, -0.1) is 0 Å². The van der Waals surface area contributed by atoms with Crippen molar-refractivity contribution in [1.82, 2.24) is 10.2 Å². The molecule has 1 aliphatic heterocycles. The number of nitrogens with zero attached hydrogens (tertiary/aromatic N) is 1. The largest absolute Gasteiger partial charge is 0.353 e. The fraction of sp³-hybridized carbons (Fsp3) is 0.500. The highest BCUT2D eigenvalue weighted by Crippen LogP contribution is 2.21. The van der Waals surface area contributed by atoms with E-state index in [2.05, 4.69) is 16.3 Å². The molecule has 4 nitrogen and oxygen atoms in total. The number of hydrogen-bond acceptors (Lipinski definition) is 3. The van der Waals surface area contributed by atoms with Crippen LogP contribution in [0, 0.1) is 0 Å². The number of rotatable bonds is 3.